The first-order valence-electron chi connectivity index (χ1n) is 4.78. The Kier molecular flexibility index (Phi) is 2.08. The molecular weight excluding hydrogens is 148 g/mol. The molecule has 2 aliphatic rings. The quantitative estimate of drug-likeness (QED) is 0.369. The summed E-state index contributed by atoms with van der Waals surface area (Å²) in [5.41, 5.74) is 2.85. The SMILES string of the molecule is C#CCC(NN)C1C2CCCC21. The minimum absolute atomic E-state index is 0.380. The van der Waals surface area contributed by atoms with E-state index in [4.69, 9.17) is 12.3 Å². The molecule has 0 aliphatic heterocycles. The summed E-state index contributed by atoms with van der Waals surface area (Å²) in [6.07, 6.45) is 10.3. The van der Waals surface area contributed by atoms with Crippen molar-refractivity contribution in [2.75, 3.05) is 0 Å². The van der Waals surface area contributed by atoms with Crippen molar-refractivity contribution in [1.82, 2.24) is 5.43 Å². The average Bonchev–Trinajstić information content (AvgIpc) is 2.59. The molecule has 2 rings (SSSR count). The maximum atomic E-state index is 5.46. The van der Waals surface area contributed by atoms with E-state index in [0.717, 1.165) is 24.2 Å². The molecule has 0 aromatic carbocycles. The Morgan fingerprint density at radius 1 is 1.50 bits per heavy atom. The molecule has 2 nitrogen and oxygen atoms in total. The lowest BCUT2D eigenvalue weighted by Crippen LogP contribution is -2.37. The van der Waals surface area contributed by atoms with Crippen molar-refractivity contribution >= 4 is 0 Å². The zero-order chi connectivity index (χ0) is 8.55. The average molecular weight is 164 g/mol. The fraction of sp³-hybridized carbons (Fsp3) is 0.800. The first kappa shape index (κ1) is 8.10. The highest BCUT2D eigenvalue weighted by atomic mass is 15.2. The second-order valence-corrected chi connectivity index (χ2v) is 4.02. The molecule has 3 N–H and O–H groups in total. The smallest absolute Gasteiger partial charge is 0.0353 e. The van der Waals surface area contributed by atoms with Crippen LogP contribution in [0.15, 0.2) is 0 Å². The molecule has 0 spiro atoms. The van der Waals surface area contributed by atoms with Gasteiger partial charge in [-0.05, 0) is 30.6 Å². The van der Waals surface area contributed by atoms with Crippen LogP contribution in [0.5, 0.6) is 0 Å². The summed E-state index contributed by atoms with van der Waals surface area (Å²) in [6, 6.07) is 0.380. The van der Waals surface area contributed by atoms with Crippen LogP contribution in [-0.4, -0.2) is 6.04 Å². The third kappa shape index (κ3) is 1.14. The van der Waals surface area contributed by atoms with Crippen LogP contribution in [0.1, 0.15) is 25.7 Å². The summed E-state index contributed by atoms with van der Waals surface area (Å²) in [6.45, 7) is 0. The summed E-state index contributed by atoms with van der Waals surface area (Å²) in [5, 5.41) is 0. The van der Waals surface area contributed by atoms with Gasteiger partial charge in [0.2, 0.25) is 0 Å². The molecule has 0 aromatic rings. The van der Waals surface area contributed by atoms with E-state index < -0.39 is 0 Å². The second-order valence-electron chi connectivity index (χ2n) is 4.02. The van der Waals surface area contributed by atoms with Gasteiger partial charge >= 0.3 is 0 Å². The van der Waals surface area contributed by atoms with Crippen LogP contribution in [-0.2, 0) is 0 Å². The standard InChI is InChI=1S/C10H16N2/c1-2-4-9(12-11)10-7-5-3-6-8(7)10/h1,7-10,12H,3-6,11H2. The maximum absolute atomic E-state index is 5.46. The van der Waals surface area contributed by atoms with Crippen molar-refractivity contribution < 1.29 is 0 Å². The van der Waals surface area contributed by atoms with E-state index in [1.54, 1.807) is 0 Å². The monoisotopic (exact) mass is 164 g/mol. The molecule has 0 bridgehead atoms. The zero-order valence-electron chi connectivity index (χ0n) is 7.29. The largest absolute Gasteiger partial charge is 0.271 e. The van der Waals surface area contributed by atoms with Crippen LogP contribution < -0.4 is 11.3 Å². The number of rotatable bonds is 3. The molecule has 3 unspecified atom stereocenters. The molecular formula is C10H16N2. The summed E-state index contributed by atoms with van der Waals surface area (Å²) in [5.74, 6) is 10.8. The first-order valence-corrected chi connectivity index (χ1v) is 4.78. The van der Waals surface area contributed by atoms with E-state index in [1.807, 2.05) is 0 Å². The van der Waals surface area contributed by atoms with Crippen molar-refractivity contribution in [3.8, 4) is 12.3 Å². The van der Waals surface area contributed by atoms with Crippen molar-refractivity contribution in [1.29, 1.82) is 0 Å². The summed E-state index contributed by atoms with van der Waals surface area (Å²) in [7, 11) is 0. The summed E-state index contributed by atoms with van der Waals surface area (Å²) < 4.78 is 0. The molecule has 2 heteroatoms. The summed E-state index contributed by atoms with van der Waals surface area (Å²) in [4.78, 5) is 0. The van der Waals surface area contributed by atoms with Gasteiger partial charge in [-0.15, -0.1) is 12.3 Å². The van der Waals surface area contributed by atoms with Gasteiger partial charge < -0.3 is 0 Å². The zero-order valence-corrected chi connectivity index (χ0v) is 7.29. The van der Waals surface area contributed by atoms with E-state index in [2.05, 4.69) is 11.3 Å². The highest BCUT2D eigenvalue weighted by Crippen LogP contribution is 2.59. The van der Waals surface area contributed by atoms with Crippen LogP contribution in [0.4, 0.5) is 0 Å². The van der Waals surface area contributed by atoms with Crippen LogP contribution >= 0.6 is 0 Å². The molecule has 66 valence electrons. The predicted molar refractivity (Wildman–Crippen MR) is 48.9 cm³/mol. The van der Waals surface area contributed by atoms with Gasteiger partial charge in [0, 0.05) is 12.5 Å². The molecule has 0 radical (unpaired) electrons. The first-order chi connectivity index (χ1) is 5.88. The number of nitrogens with two attached hydrogens (primary N) is 1. The van der Waals surface area contributed by atoms with E-state index in [1.165, 1.54) is 19.3 Å². The second kappa shape index (κ2) is 3.08. The molecule has 2 aliphatic carbocycles. The van der Waals surface area contributed by atoms with Gasteiger partial charge in [0.1, 0.15) is 0 Å². The van der Waals surface area contributed by atoms with Gasteiger partial charge in [-0.1, -0.05) is 6.42 Å². The Bertz CT molecular complexity index is 196. The number of terminal acetylenes is 1. The van der Waals surface area contributed by atoms with Gasteiger partial charge in [-0.3, -0.25) is 11.3 Å². The number of hydrogen-bond acceptors (Lipinski definition) is 2. The Hall–Kier alpha value is -0.520. The van der Waals surface area contributed by atoms with Crippen molar-refractivity contribution in [2.45, 2.75) is 31.7 Å². The number of nitrogens with one attached hydrogen (secondary N) is 1. The fourth-order valence-corrected chi connectivity index (χ4v) is 2.91. The highest BCUT2D eigenvalue weighted by Gasteiger charge is 2.55. The molecule has 0 aromatic heterocycles. The van der Waals surface area contributed by atoms with E-state index in [-0.39, 0.29) is 0 Å². The molecule has 0 heterocycles. The topological polar surface area (TPSA) is 38.0 Å². The van der Waals surface area contributed by atoms with Gasteiger partial charge in [0.15, 0.2) is 0 Å². The molecule has 3 atom stereocenters. The third-order valence-corrected chi connectivity index (χ3v) is 3.49. The third-order valence-electron chi connectivity index (χ3n) is 3.49. The highest BCUT2D eigenvalue weighted by molar-refractivity contribution is 5.08. The van der Waals surface area contributed by atoms with Crippen molar-refractivity contribution in [3.63, 3.8) is 0 Å². The lowest BCUT2D eigenvalue weighted by molar-refractivity contribution is 0.419. The van der Waals surface area contributed by atoms with Gasteiger partial charge in [0.05, 0.1) is 0 Å². The molecule has 0 saturated heterocycles. The maximum Gasteiger partial charge on any atom is 0.0353 e. The Labute approximate surface area is 73.9 Å². The van der Waals surface area contributed by atoms with E-state index in [9.17, 15) is 0 Å². The van der Waals surface area contributed by atoms with Gasteiger partial charge in [0.25, 0.3) is 0 Å². The van der Waals surface area contributed by atoms with Crippen molar-refractivity contribution in [2.24, 2.45) is 23.6 Å². The number of fused-ring (bicyclic) bond motifs is 1. The summed E-state index contributed by atoms with van der Waals surface area (Å²) >= 11 is 0. The molecule has 0 amide bonds. The molecule has 12 heavy (non-hydrogen) atoms. The fourth-order valence-electron chi connectivity index (χ4n) is 2.91. The Balaban J connectivity index is 1.89. The van der Waals surface area contributed by atoms with E-state index >= 15 is 0 Å². The lowest BCUT2D eigenvalue weighted by atomic mass is 10.0. The van der Waals surface area contributed by atoms with Gasteiger partial charge in [-0.25, -0.2) is 0 Å². The van der Waals surface area contributed by atoms with Crippen LogP contribution in [0.2, 0.25) is 0 Å². The van der Waals surface area contributed by atoms with E-state index in [0.29, 0.717) is 6.04 Å². The predicted octanol–water partition coefficient (Wildman–Crippen LogP) is 0.888. The van der Waals surface area contributed by atoms with Crippen LogP contribution in [0.25, 0.3) is 0 Å². The minimum atomic E-state index is 0.380. The minimum Gasteiger partial charge on any atom is -0.271 e. The van der Waals surface area contributed by atoms with Crippen LogP contribution in [0, 0.1) is 30.1 Å². The normalized spacial score (nSPS) is 40.2. The Morgan fingerprint density at radius 3 is 2.67 bits per heavy atom. The number of hydrazine groups is 1. The van der Waals surface area contributed by atoms with Gasteiger partial charge in [-0.2, -0.15) is 0 Å². The molecule has 2 saturated carbocycles. The van der Waals surface area contributed by atoms with Crippen LogP contribution in [0.3, 0.4) is 0 Å². The lowest BCUT2D eigenvalue weighted by Gasteiger charge is -2.14. The number of hydrogen-bond donors (Lipinski definition) is 2. The molecule has 2 fully saturated rings. The van der Waals surface area contributed by atoms with Crippen molar-refractivity contribution in [3.05, 3.63) is 0 Å². The Morgan fingerprint density at radius 2 is 2.17 bits per heavy atom.